The van der Waals surface area contributed by atoms with Gasteiger partial charge in [-0.25, -0.2) is 4.98 Å². The first-order valence-corrected chi connectivity index (χ1v) is 10.7. The molecule has 0 radical (unpaired) electrons. The highest BCUT2D eigenvalue weighted by atomic mass is 35.5. The molecule has 0 aliphatic heterocycles. The number of fused-ring (bicyclic) bond motifs is 2. The van der Waals surface area contributed by atoms with E-state index >= 15 is 0 Å². The topological polar surface area (TPSA) is 59.8 Å². The lowest BCUT2D eigenvalue weighted by molar-refractivity contribution is 0.102. The van der Waals surface area contributed by atoms with Crippen LogP contribution >= 0.6 is 45.9 Å². The second kappa shape index (κ2) is 6.60. The Hall–Kier alpha value is -1.93. The van der Waals surface area contributed by atoms with Crippen molar-refractivity contribution in [1.82, 2.24) is 14.8 Å². The van der Waals surface area contributed by atoms with Crippen molar-refractivity contribution in [3.05, 3.63) is 55.8 Å². The number of hydrogen-bond donors (Lipinski definition) is 1. The predicted molar refractivity (Wildman–Crippen MR) is 111 cm³/mol. The number of carbonyl (C=O) groups excluding carboxylic acids is 1. The summed E-state index contributed by atoms with van der Waals surface area (Å²) in [6.45, 7) is 0. The maximum Gasteiger partial charge on any atom is 0.259 e. The lowest BCUT2D eigenvalue weighted by atomic mass is 10.2. The zero-order valence-electron chi connectivity index (χ0n) is 13.8. The van der Waals surface area contributed by atoms with Crippen molar-refractivity contribution in [3.8, 4) is 5.13 Å². The van der Waals surface area contributed by atoms with E-state index in [-0.39, 0.29) is 5.91 Å². The van der Waals surface area contributed by atoms with Crippen molar-refractivity contribution < 1.29 is 4.79 Å². The van der Waals surface area contributed by atoms with Gasteiger partial charge in [0.2, 0.25) is 5.13 Å². The predicted octanol–water partition coefficient (Wildman–Crippen LogP) is 5.59. The van der Waals surface area contributed by atoms with Gasteiger partial charge in [-0.15, -0.1) is 11.3 Å². The Kier molecular flexibility index (Phi) is 4.20. The van der Waals surface area contributed by atoms with Crippen LogP contribution in [0.2, 0.25) is 8.67 Å². The Balaban J connectivity index is 1.59. The second-order valence-corrected chi connectivity index (χ2v) is 9.49. The van der Waals surface area contributed by atoms with Gasteiger partial charge in [-0.05, 0) is 37.5 Å². The largest absolute Gasteiger partial charge is 0.306 e. The van der Waals surface area contributed by atoms with Gasteiger partial charge in [0.15, 0.2) is 0 Å². The van der Waals surface area contributed by atoms with Crippen LogP contribution in [0.25, 0.3) is 15.3 Å². The molecule has 1 N–H and O–H groups in total. The molecule has 0 atom stereocenters. The van der Waals surface area contributed by atoms with Gasteiger partial charge in [-0.2, -0.15) is 9.78 Å². The number of amides is 1. The number of halogens is 2. The van der Waals surface area contributed by atoms with Gasteiger partial charge in [0.25, 0.3) is 5.91 Å². The van der Waals surface area contributed by atoms with E-state index in [4.69, 9.17) is 28.3 Å². The normalized spacial score (nSPS) is 13.3. The van der Waals surface area contributed by atoms with Crippen molar-refractivity contribution in [3.63, 3.8) is 0 Å². The van der Waals surface area contributed by atoms with Crippen LogP contribution in [0.5, 0.6) is 0 Å². The maximum absolute atomic E-state index is 12.8. The molecule has 0 spiro atoms. The minimum Gasteiger partial charge on any atom is -0.306 e. The van der Waals surface area contributed by atoms with Gasteiger partial charge in [-0.1, -0.05) is 46.7 Å². The quantitative estimate of drug-likeness (QED) is 0.456. The molecule has 0 saturated carbocycles. The van der Waals surface area contributed by atoms with E-state index in [0.717, 1.165) is 45.9 Å². The van der Waals surface area contributed by atoms with Crippen LogP contribution in [-0.2, 0) is 12.8 Å². The summed E-state index contributed by atoms with van der Waals surface area (Å²) in [5.41, 5.74) is 3.37. The summed E-state index contributed by atoms with van der Waals surface area (Å²) in [4.78, 5) is 17.5. The first kappa shape index (κ1) is 17.2. The van der Waals surface area contributed by atoms with E-state index in [1.807, 2.05) is 24.3 Å². The third kappa shape index (κ3) is 2.95. The highest BCUT2D eigenvalue weighted by Crippen LogP contribution is 2.35. The molecule has 0 bridgehead atoms. The molecule has 9 heteroatoms. The molecule has 1 aromatic carbocycles. The molecule has 1 aliphatic rings. The summed E-state index contributed by atoms with van der Waals surface area (Å²) in [6, 6.07) is 9.53. The molecular formula is C18H12Cl2N4OS2. The number of para-hydroxylation sites is 1. The first-order valence-electron chi connectivity index (χ1n) is 8.33. The van der Waals surface area contributed by atoms with Gasteiger partial charge in [0.1, 0.15) is 10.2 Å². The SMILES string of the molecule is O=C(Nc1c2c(nn1-c1nc3ccccc3s1)CCC2)c1cc(Cl)sc1Cl. The average Bonchev–Trinajstić information content (AvgIpc) is 3.38. The summed E-state index contributed by atoms with van der Waals surface area (Å²) in [7, 11) is 0. The highest BCUT2D eigenvalue weighted by Gasteiger charge is 2.26. The van der Waals surface area contributed by atoms with Crippen LogP contribution in [0.4, 0.5) is 5.82 Å². The van der Waals surface area contributed by atoms with Gasteiger partial charge in [0, 0.05) is 5.56 Å². The molecule has 3 aromatic heterocycles. The van der Waals surface area contributed by atoms with Gasteiger partial charge in [0.05, 0.1) is 25.8 Å². The Morgan fingerprint density at radius 3 is 2.81 bits per heavy atom. The fourth-order valence-corrected chi connectivity index (χ4v) is 5.66. The number of rotatable bonds is 3. The van der Waals surface area contributed by atoms with Crippen molar-refractivity contribution in [2.24, 2.45) is 0 Å². The average molecular weight is 435 g/mol. The van der Waals surface area contributed by atoms with Crippen LogP contribution < -0.4 is 5.32 Å². The number of benzene rings is 1. The van der Waals surface area contributed by atoms with E-state index in [2.05, 4.69) is 10.3 Å². The molecule has 4 aromatic rings. The van der Waals surface area contributed by atoms with Crippen LogP contribution in [0.15, 0.2) is 30.3 Å². The molecule has 0 saturated heterocycles. The molecule has 5 rings (SSSR count). The number of anilines is 1. The molecule has 0 fully saturated rings. The number of thiazole rings is 1. The number of nitrogens with one attached hydrogen (secondary N) is 1. The molecule has 5 nitrogen and oxygen atoms in total. The third-order valence-corrected chi connectivity index (χ3v) is 7.00. The van der Waals surface area contributed by atoms with E-state index in [1.54, 1.807) is 22.1 Å². The number of carbonyl (C=O) groups is 1. The number of aryl methyl sites for hydroxylation is 1. The zero-order chi connectivity index (χ0) is 18.5. The van der Waals surface area contributed by atoms with E-state index < -0.39 is 0 Å². The van der Waals surface area contributed by atoms with Crippen molar-refractivity contribution >= 4 is 67.8 Å². The minimum atomic E-state index is -0.292. The summed E-state index contributed by atoms with van der Waals surface area (Å²) in [6.07, 6.45) is 2.82. The van der Waals surface area contributed by atoms with Crippen molar-refractivity contribution in [2.45, 2.75) is 19.3 Å². The fourth-order valence-electron chi connectivity index (χ4n) is 3.28. The molecule has 27 heavy (non-hydrogen) atoms. The number of nitrogens with zero attached hydrogens (tertiary/aromatic N) is 3. The Morgan fingerprint density at radius 2 is 2.04 bits per heavy atom. The fraction of sp³-hybridized carbons (Fsp3) is 0.167. The Labute approximate surface area is 172 Å². The number of thiophene rings is 1. The molecular weight excluding hydrogens is 423 g/mol. The standard InChI is InChI=1S/C18H12Cl2N4OS2/c19-14-8-10(15(20)27-14)17(25)22-16-9-4-3-6-11(9)23-24(16)18-21-12-5-1-2-7-13(12)26-18/h1-2,5,7-8H,3-4,6H2,(H,22,25). The zero-order valence-corrected chi connectivity index (χ0v) is 17.0. The van der Waals surface area contributed by atoms with Crippen LogP contribution in [0.3, 0.4) is 0 Å². The highest BCUT2D eigenvalue weighted by molar-refractivity contribution is 7.21. The maximum atomic E-state index is 12.8. The Morgan fingerprint density at radius 1 is 1.19 bits per heavy atom. The van der Waals surface area contributed by atoms with Crippen molar-refractivity contribution in [2.75, 3.05) is 5.32 Å². The van der Waals surface area contributed by atoms with Crippen molar-refractivity contribution in [1.29, 1.82) is 0 Å². The smallest absolute Gasteiger partial charge is 0.259 e. The van der Waals surface area contributed by atoms with Crippen LogP contribution in [0.1, 0.15) is 28.0 Å². The summed E-state index contributed by atoms with van der Waals surface area (Å²) in [5.74, 6) is 0.380. The molecule has 0 unspecified atom stereocenters. The molecule has 3 heterocycles. The van der Waals surface area contributed by atoms with Gasteiger partial charge < -0.3 is 5.32 Å². The lowest BCUT2D eigenvalue weighted by Gasteiger charge is -2.08. The summed E-state index contributed by atoms with van der Waals surface area (Å²) < 4.78 is 3.68. The van der Waals surface area contributed by atoms with E-state index in [0.29, 0.717) is 20.1 Å². The number of aromatic nitrogens is 3. The monoisotopic (exact) mass is 434 g/mol. The van der Waals surface area contributed by atoms with Gasteiger partial charge >= 0.3 is 0 Å². The number of hydrogen-bond acceptors (Lipinski definition) is 5. The Bertz CT molecular complexity index is 1160. The minimum absolute atomic E-state index is 0.292. The molecule has 1 aliphatic carbocycles. The molecule has 136 valence electrons. The molecule has 1 amide bonds. The van der Waals surface area contributed by atoms with Crippen LogP contribution in [0, 0.1) is 0 Å². The summed E-state index contributed by atoms with van der Waals surface area (Å²) >= 11 is 14.9. The second-order valence-electron chi connectivity index (χ2n) is 6.20. The summed E-state index contributed by atoms with van der Waals surface area (Å²) in [5, 5.41) is 8.45. The lowest BCUT2D eigenvalue weighted by Crippen LogP contribution is -2.16. The third-order valence-electron chi connectivity index (χ3n) is 4.50. The van der Waals surface area contributed by atoms with Gasteiger partial charge in [-0.3, -0.25) is 4.79 Å². The van der Waals surface area contributed by atoms with Crippen LogP contribution in [-0.4, -0.2) is 20.7 Å². The first-order chi connectivity index (χ1) is 13.1. The van der Waals surface area contributed by atoms with E-state index in [9.17, 15) is 4.79 Å². The van der Waals surface area contributed by atoms with E-state index in [1.165, 1.54) is 11.3 Å².